The van der Waals surface area contributed by atoms with Crippen molar-refractivity contribution < 1.29 is 14.6 Å². The standard InChI is InChI=1S/C17H27N3O3/c1-17(2,3)23-16(22)19-14-12-13(4-5-15(14)21)6-9-20-10-7-18-8-11-20/h4-5,12,18,21H,6-11H2,1-3H3,(H,19,22). The van der Waals surface area contributed by atoms with E-state index < -0.39 is 11.7 Å². The maximum atomic E-state index is 11.8. The number of hydrogen-bond acceptors (Lipinski definition) is 5. The van der Waals surface area contributed by atoms with Crippen molar-refractivity contribution in [2.24, 2.45) is 0 Å². The third-order valence-electron chi connectivity index (χ3n) is 3.62. The van der Waals surface area contributed by atoms with Crippen LogP contribution < -0.4 is 10.6 Å². The summed E-state index contributed by atoms with van der Waals surface area (Å²) in [6.45, 7) is 10.5. The molecule has 1 aliphatic rings. The van der Waals surface area contributed by atoms with E-state index in [1.165, 1.54) is 0 Å². The van der Waals surface area contributed by atoms with Crippen LogP contribution in [0.5, 0.6) is 5.75 Å². The maximum Gasteiger partial charge on any atom is 0.412 e. The summed E-state index contributed by atoms with van der Waals surface area (Å²) >= 11 is 0. The molecule has 0 aromatic heterocycles. The first-order valence-electron chi connectivity index (χ1n) is 8.08. The van der Waals surface area contributed by atoms with Crippen LogP contribution >= 0.6 is 0 Å². The molecule has 1 amide bonds. The van der Waals surface area contributed by atoms with Gasteiger partial charge in [0.05, 0.1) is 5.69 Å². The zero-order chi connectivity index (χ0) is 16.9. The first-order chi connectivity index (χ1) is 10.8. The smallest absolute Gasteiger partial charge is 0.412 e. The lowest BCUT2D eigenvalue weighted by Crippen LogP contribution is -2.44. The van der Waals surface area contributed by atoms with Gasteiger partial charge in [-0.3, -0.25) is 5.32 Å². The fourth-order valence-corrected chi connectivity index (χ4v) is 2.47. The van der Waals surface area contributed by atoms with E-state index in [-0.39, 0.29) is 5.75 Å². The highest BCUT2D eigenvalue weighted by atomic mass is 16.6. The van der Waals surface area contributed by atoms with Crippen LogP contribution in [0.1, 0.15) is 26.3 Å². The van der Waals surface area contributed by atoms with Crippen LogP contribution in [0.25, 0.3) is 0 Å². The summed E-state index contributed by atoms with van der Waals surface area (Å²) in [5, 5.41) is 15.9. The highest BCUT2D eigenvalue weighted by Gasteiger charge is 2.17. The van der Waals surface area contributed by atoms with Crippen molar-refractivity contribution >= 4 is 11.8 Å². The van der Waals surface area contributed by atoms with Crippen LogP contribution in [0, 0.1) is 0 Å². The van der Waals surface area contributed by atoms with Gasteiger partial charge in [0, 0.05) is 32.7 Å². The lowest BCUT2D eigenvalue weighted by molar-refractivity contribution is 0.0635. The molecule has 6 nitrogen and oxygen atoms in total. The van der Waals surface area contributed by atoms with Gasteiger partial charge in [0.15, 0.2) is 0 Å². The van der Waals surface area contributed by atoms with Crippen LogP contribution in [-0.4, -0.2) is 54.4 Å². The van der Waals surface area contributed by atoms with E-state index in [0.717, 1.165) is 44.7 Å². The van der Waals surface area contributed by atoms with Gasteiger partial charge < -0.3 is 20.1 Å². The maximum absolute atomic E-state index is 11.8. The molecule has 1 heterocycles. The molecule has 128 valence electrons. The van der Waals surface area contributed by atoms with Gasteiger partial charge in [0.25, 0.3) is 0 Å². The van der Waals surface area contributed by atoms with Crippen LogP contribution in [0.2, 0.25) is 0 Å². The number of nitrogens with one attached hydrogen (secondary N) is 2. The lowest BCUT2D eigenvalue weighted by Gasteiger charge is -2.27. The van der Waals surface area contributed by atoms with Gasteiger partial charge in [-0.15, -0.1) is 0 Å². The number of benzene rings is 1. The fourth-order valence-electron chi connectivity index (χ4n) is 2.47. The van der Waals surface area contributed by atoms with E-state index in [1.54, 1.807) is 32.9 Å². The summed E-state index contributed by atoms with van der Waals surface area (Å²) in [5.41, 5.74) is 0.893. The summed E-state index contributed by atoms with van der Waals surface area (Å²) in [5.74, 6) is 0.0433. The highest BCUT2D eigenvalue weighted by molar-refractivity contribution is 5.87. The van der Waals surface area contributed by atoms with Gasteiger partial charge in [-0.2, -0.15) is 0 Å². The Hall–Kier alpha value is -1.79. The molecule has 0 unspecified atom stereocenters. The van der Waals surface area contributed by atoms with Gasteiger partial charge in [-0.25, -0.2) is 4.79 Å². The number of carbonyl (C=O) groups excluding carboxylic acids is 1. The molecule has 0 bridgehead atoms. The van der Waals surface area contributed by atoms with Crippen molar-refractivity contribution in [1.82, 2.24) is 10.2 Å². The Morgan fingerprint density at radius 3 is 2.70 bits per heavy atom. The largest absolute Gasteiger partial charge is 0.506 e. The van der Waals surface area contributed by atoms with E-state index in [9.17, 15) is 9.90 Å². The number of phenols is 1. The van der Waals surface area contributed by atoms with Gasteiger partial charge in [-0.05, 0) is 44.9 Å². The van der Waals surface area contributed by atoms with Crippen molar-refractivity contribution in [2.45, 2.75) is 32.8 Å². The van der Waals surface area contributed by atoms with Crippen molar-refractivity contribution in [3.8, 4) is 5.75 Å². The van der Waals surface area contributed by atoms with E-state index >= 15 is 0 Å². The number of nitrogens with zero attached hydrogens (tertiary/aromatic N) is 1. The Bertz CT molecular complexity index is 534. The number of ether oxygens (including phenoxy) is 1. The van der Waals surface area contributed by atoms with Crippen LogP contribution in [0.4, 0.5) is 10.5 Å². The van der Waals surface area contributed by atoms with Crippen molar-refractivity contribution in [2.75, 3.05) is 38.0 Å². The molecule has 0 atom stereocenters. The Balaban J connectivity index is 1.93. The molecular weight excluding hydrogens is 294 g/mol. The number of carbonyl (C=O) groups is 1. The Morgan fingerprint density at radius 1 is 1.35 bits per heavy atom. The number of hydrogen-bond donors (Lipinski definition) is 3. The summed E-state index contributed by atoms with van der Waals surface area (Å²) in [6.07, 6.45) is 0.315. The molecule has 0 saturated carbocycles. The van der Waals surface area contributed by atoms with Crippen molar-refractivity contribution in [1.29, 1.82) is 0 Å². The molecule has 1 aromatic rings. The number of piperazine rings is 1. The van der Waals surface area contributed by atoms with Crippen molar-refractivity contribution in [3.63, 3.8) is 0 Å². The molecule has 0 aliphatic carbocycles. The second-order valence-electron chi connectivity index (χ2n) is 6.82. The monoisotopic (exact) mass is 321 g/mol. The van der Waals surface area contributed by atoms with Gasteiger partial charge in [0.2, 0.25) is 0 Å². The zero-order valence-corrected chi connectivity index (χ0v) is 14.2. The topological polar surface area (TPSA) is 73.8 Å². The predicted octanol–water partition coefficient (Wildman–Crippen LogP) is 2.19. The minimum absolute atomic E-state index is 0.0433. The number of rotatable bonds is 4. The van der Waals surface area contributed by atoms with E-state index in [2.05, 4.69) is 15.5 Å². The van der Waals surface area contributed by atoms with Crippen LogP contribution in [-0.2, 0) is 11.2 Å². The molecule has 1 fully saturated rings. The number of amides is 1. The summed E-state index contributed by atoms with van der Waals surface area (Å²) in [4.78, 5) is 14.2. The van der Waals surface area contributed by atoms with Gasteiger partial charge >= 0.3 is 6.09 Å². The Kier molecular flexibility index (Phi) is 5.85. The second-order valence-corrected chi connectivity index (χ2v) is 6.82. The summed E-state index contributed by atoms with van der Waals surface area (Å²) < 4.78 is 5.22. The fraction of sp³-hybridized carbons (Fsp3) is 0.588. The molecule has 1 aliphatic heterocycles. The third-order valence-corrected chi connectivity index (χ3v) is 3.62. The van der Waals surface area contributed by atoms with Gasteiger partial charge in [-0.1, -0.05) is 6.07 Å². The molecule has 2 rings (SSSR count). The van der Waals surface area contributed by atoms with Crippen molar-refractivity contribution in [3.05, 3.63) is 23.8 Å². The van der Waals surface area contributed by atoms with E-state index in [1.807, 2.05) is 6.07 Å². The first kappa shape index (κ1) is 17.6. The number of aromatic hydroxyl groups is 1. The lowest BCUT2D eigenvalue weighted by atomic mass is 10.1. The molecule has 6 heteroatoms. The molecule has 1 aromatic carbocycles. The minimum Gasteiger partial charge on any atom is -0.506 e. The Labute approximate surface area is 137 Å². The van der Waals surface area contributed by atoms with E-state index in [4.69, 9.17) is 4.74 Å². The van der Waals surface area contributed by atoms with Gasteiger partial charge in [0.1, 0.15) is 11.4 Å². The molecule has 0 spiro atoms. The Morgan fingerprint density at radius 2 is 2.04 bits per heavy atom. The average Bonchev–Trinajstić information content (AvgIpc) is 2.47. The number of anilines is 1. The zero-order valence-electron chi connectivity index (χ0n) is 14.2. The molecule has 23 heavy (non-hydrogen) atoms. The van der Waals surface area contributed by atoms with E-state index in [0.29, 0.717) is 5.69 Å². The molecular formula is C17H27N3O3. The third kappa shape index (κ3) is 6.08. The molecule has 3 N–H and O–H groups in total. The average molecular weight is 321 g/mol. The normalized spacial score (nSPS) is 16.1. The molecule has 1 saturated heterocycles. The quantitative estimate of drug-likeness (QED) is 0.741. The summed E-state index contributed by atoms with van der Waals surface area (Å²) in [6, 6.07) is 5.30. The SMILES string of the molecule is CC(C)(C)OC(=O)Nc1cc(CCN2CCNCC2)ccc1O. The minimum atomic E-state index is -0.570. The number of phenolic OH excluding ortho intramolecular Hbond substituents is 1. The van der Waals surface area contributed by atoms with Crippen LogP contribution in [0.15, 0.2) is 18.2 Å². The first-order valence-corrected chi connectivity index (χ1v) is 8.08. The highest BCUT2D eigenvalue weighted by Crippen LogP contribution is 2.25. The molecule has 0 radical (unpaired) electrons. The predicted molar refractivity (Wildman–Crippen MR) is 91.0 cm³/mol. The summed E-state index contributed by atoms with van der Waals surface area (Å²) in [7, 11) is 0. The van der Waals surface area contributed by atoms with Crippen LogP contribution in [0.3, 0.4) is 0 Å². The second kappa shape index (κ2) is 7.66.